The first-order valence-electron chi connectivity index (χ1n) is 6.39. The van der Waals surface area contributed by atoms with E-state index >= 15 is 0 Å². The van der Waals surface area contributed by atoms with E-state index in [0.29, 0.717) is 6.04 Å². The number of alkyl halides is 1. The van der Waals surface area contributed by atoms with Crippen LogP contribution in [0.2, 0.25) is 0 Å². The molecule has 2 aromatic rings. The molecule has 0 spiro atoms. The van der Waals surface area contributed by atoms with Gasteiger partial charge in [0.15, 0.2) is 0 Å². The number of aromatic nitrogens is 2. The van der Waals surface area contributed by atoms with Gasteiger partial charge in [-0.1, -0.05) is 29.8 Å². The molecule has 1 heterocycles. The molecule has 0 aliphatic carbocycles. The van der Waals surface area contributed by atoms with Crippen LogP contribution in [0.1, 0.15) is 50.9 Å². The number of hydrogen-bond acceptors (Lipinski definition) is 1. The number of halogens is 2. The number of fused-ring (bicyclic) bond motifs is 1. The molecule has 98 valence electrons. The van der Waals surface area contributed by atoms with Crippen molar-refractivity contribution in [2.24, 2.45) is 0 Å². The zero-order valence-electron chi connectivity index (χ0n) is 11.0. The van der Waals surface area contributed by atoms with Crippen molar-refractivity contribution in [1.82, 2.24) is 9.55 Å². The Labute approximate surface area is 121 Å². The summed E-state index contributed by atoms with van der Waals surface area (Å²) in [6.45, 7) is 6.40. The summed E-state index contributed by atoms with van der Waals surface area (Å²) >= 11 is 9.81. The highest BCUT2D eigenvalue weighted by atomic mass is 79.9. The molecule has 1 aromatic carbocycles. The van der Waals surface area contributed by atoms with Gasteiger partial charge in [-0.05, 0) is 38.0 Å². The maximum atomic E-state index is 6.28. The van der Waals surface area contributed by atoms with Gasteiger partial charge in [0.25, 0.3) is 0 Å². The highest BCUT2D eigenvalue weighted by Crippen LogP contribution is 2.31. The molecule has 0 saturated carbocycles. The summed E-state index contributed by atoms with van der Waals surface area (Å²) < 4.78 is 3.38. The lowest BCUT2D eigenvalue weighted by molar-refractivity contribution is 0.466. The third-order valence-electron chi connectivity index (χ3n) is 3.34. The Morgan fingerprint density at radius 3 is 2.56 bits per heavy atom. The molecule has 1 unspecified atom stereocenters. The minimum Gasteiger partial charge on any atom is -0.324 e. The molecule has 2 rings (SSSR count). The molecule has 18 heavy (non-hydrogen) atoms. The van der Waals surface area contributed by atoms with Gasteiger partial charge in [0.05, 0.1) is 16.4 Å². The lowest BCUT2D eigenvalue weighted by Gasteiger charge is -2.19. The van der Waals surface area contributed by atoms with Crippen LogP contribution in [0.4, 0.5) is 0 Å². The second-order valence-electron chi connectivity index (χ2n) is 4.56. The Morgan fingerprint density at radius 1 is 1.33 bits per heavy atom. The van der Waals surface area contributed by atoms with E-state index in [2.05, 4.69) is 45.4 Å². The summed E-state index contributed by atoms with van der Waals surface area (Å²) in [6.07, 6.45) is 2.18. The van der Waals surface area contributed by atoms with Crippen LogP contribution in [0.3, 0.4) is 0 Å². The smallest absolute Gasteiger partial charge is 0.127 e. The first-order chi connectivity index (χ1) is 8.58. The monoisotopic (exact) mass is 328 g/mol. The second-order valence-corrected chi connectivity index (χ2v) is 6.13. The van der Waals surface area contributed by atoms with Crippen LogP contribution in [0.15, 0.2) is 22.7 Å². The molecular formula is C14H18BrClN2. The molecule has 0 amide bonds. The molecule has 0 bridgehead atoms. The fraction of sp³-hybridized carbons (Fsp3) is 0.500. The molecule has 0 N–H and O–H groups in total. The third-order valence-corrected chi connectivity index (χ3v) is 4.03. The second kappa shape index (κ2) is 5.62. The number of rotatable bonds is 4. The first-order valence-corrected chi connectivity index (χ1v) is 7.62. The van der Waals surface area contributed by atoms with Crippen LogP contribution in [-0.2, 0) is 0 Å². The number of benzene rings is 1. The van der Waals surface area contributed by atoms with Crippen LogP contribution < -0.4 is 0 Å². The normalized spacial score (nSPS) is 13.4. The third kappa shape index (κ3) is 2.43. The van der Waals surface area contributed by atoms with E-state index in [-0.39, 0.29) is 5.38 Å². The Bertz CT molecular complexity index is 544. The predicted octanol–water partition coefficient (Wildman–Crippen LogP) is 5.46. The van der Waals surface area contributed by atoms with Crippen LogP contribution in [0, 0.1) is 0 Å². The quantitative estimate of drug-likeness (QED) is 0.681. The van der Waals surface area contributed by atoms with E-state index < -0.39 is 0 Å². The Kier molecular flexibility index (Phi) is 4.33. The Balaban J connectivity index is 2.71. The van der Waals surface area contributed by atoms with E-state index in [9.17, 15) is 0 Å². The molecule has 0 aliphatic heterocycles. The number of hydrogen-bond donors (Lipinski definition) is 0. The summed E-state index contributed by atoms with van der Waals surface area (Å²) in [5.74, 6) is 0.971. The van der Waals surface area contributed by atoms with Crippen molar-refractivity contribution in [3.8, 4) is 0 Å². The van der Waals surface area contributed by atoms with Gasteiger partial charge in [0.1, 0.15) is 5.82 Å². The van der Waals surface area contributed by atoms with Crippen LogP contribution >= 0.6 is 27.5 Å². The molecule has 0 aliphatic rings. The lowest BCUT2D eigenvalue weighted by atomic mass is 10.1. The lowest BCUT2D eigenvalue weighted by Crippen LogP contribution is -2.11. The average molecular weight is 330 g/mol. The zero-order chi connectivity index (χ0) is 13.3. The van der Waals surface area contributed by atoms with E-state index in [1.54, 1.807) is 0 Å². The van der Waals surface area contributed by atoms with Gasteiger partial charge >= 0.3 is 0 Å². The largest absolute Gasteiger partial charge is 0.324 e. The summed E-state index contributed by atoms with van der Waals surface area (Å²) in [5, 5.41) is -0.0724. The van der Waals surface area contributed by atoms with Gasteiger partial charge in [0.2, 0.25) is 0 Å². The van der Waals surface area contributed by atoms with Gasteiger partial charge < -0.3 is 4.57 Å². The van der Waals surface area contributed by atoms with E-state index in [4.69, 9.17) is 11.6 Å². The molecule has 1 atom stereocenters. The van der Waals surface area contributed by atoms with Crippen molar-refractivity contribution >= 4 is 38.6 Å². The molecule has 0 radical (unpaired) electrons. The molecule has 2 nitrogen and oxygen atoms in total. The van der Waals surface area contributed by atoms with Crippen molar-refractivity contribution < 1.29 is 0 Å². The fourth-order valence-electron chi connectivity index (χ4n) is 2.40. The minimum absolute atomic E-state index is 0.0724. The van der Waals surface area contributed by atoms with Gasteiger partial charge in [0, 0.05) is 10.5 Å². The molecule has 4 heteroatoms. The van der Waals surface area contributed by atoms with Gasteiger partial charge in [-0.3, -0.25) is 0 Å². The summed E-state index contributed by atoms with van der Waals surface area (Å²) in [4.78, 5) is 4.68. The van der Waals surface area contributed by atoms with Crippen molar-refractivity contribution in [2.45, 2.75) is 45.0 Å². The van der Waals surface area contributed by atoms with Crippen molar-refractivity contribution in [3.63, 3.8) is 0 Å². The van der Waals surface area contributed by atoms with Crippen LogP contribution in [0.5, 0.6) is 0 Å². The first kappa shape index (κ1) is 13.9. The molecule has 0 fully saturated rings. The highest BCUT2D eigenvalue weighted by Gasteiger charge is 2.19. The Morgan fingerprint density at radius 2 is 2.00 bits per heavy atom. The molecular weight excluding hydrogens is 312 g/mol. The Hall–Kier alpha value is -0.540. The summed E-state index contributed by atoms with van der Waals surface area (Å²) in [6, 6.07) is 6.65. The average Bonchev–Trinajstić information content (AvgIpc) is 2.70. The standard InChI is InChI=1S/C14H18BrClN2/c1-4-11(5-2)18-13-8-10(15)6-7-12(13)17-14(18)9(3)16/h6-9,11H,4-5H2,1-3H3. The van der Waals surface area contributed by atoms with Crippen molar-refractivity contribution in [2.75, 3.05) is 0 Å². The van der Waals surface area contributed by atoms with Gasteiger partial charge in [-0.2, -0.15) is 0 Å². The van der Waals surface area contributed by atoms with Crippen LogP contribution in [-0.4, -0.2) is 9.55 Å². The molecule has 0 saturated heterocycles. The predicted molar refractivity (Wildman–Crippen MR) is 81.3 cm³/mol. The van der Waals surface area contributed by atoms with Gasteiger partial charge in [-0.15, -0.1) is 11.6 Å². The van der Waals surface area contributed by atoms with E-state index in [1.807, 2.05) is 19.1 Å². The van der Waals surface area contributed by atoms with E-state index in [1.165, 1.54) is 5.52 Å². The molecule has 1 aromatic heterocycles. The highest BCUT2D eigenvalue weighted by molar-refractivity contribution is 9.10. The minimum atomic E-state index is -0.0724. The SMILES string of the molecule is CCC(CC)n1c(C(C)Cl)nc2ccc(Br)cc21. The zero-order valence-corrected chi connectivity index (χ0v) is 13.3. The van der Waals surface area contributed by atoms with Crippen molar-refractivity contribution in [1.29, 1.82) is 0 Å². The fourth-order valence-corrected chi connectivity index (χ4v) is 2.91. The maximum absolute atomic E-state index is 6.28. The maximum Gasteiger partial charge on any atom is 0.127 e. The summed E-state index contributed by atoms with van der Waals surface area (Å²) in [7, 11) is 0. The van der Waals surface area contributed by atoms with Crippen LogP contribution in [0.25, 0.3) is 11.0 Å². The van der Waals surface area contributed by atoms with Gasteiger partial charge in [-0.25, -0.2) is 4.98 Å². The van der Waals surface area contributed by atoms with E-state index in [0.717, 1.165) is 28.7 Å². The topological polar surface area (TPSA) is 17.8 Å². The number of nitrogens with zero attached hydrogens (tertiary/aromatic N) is 2. The number of imidazole rings is 1. The summed E-state index contributed by atoms with van der Waals surface area (Å²) in [5.41, 5.74) is 2.19. The van der Waals surface area contributed by atoms with Crippen molar-refractivity contribution in [3.05, 3.63) is 28.5 Å².